The Morgan fingerprint density at radius 3 is 2.62 bits per heavy atom. The number of ether oxygens (including phenoxy) is 1. The molecule has 3 aromatic carbocycles. The summed E-state index contributed by atoms with van der Waals surface area (Å²) in [6.45, 7) is 9.09. The van der Waals surface area contributed by atoms with E-state index in [2.05, 4.69) is 86.8 Å². The summed E-state index contributed by atoms with van der Waals surface area (Å²) in [4.78, 5) is 0. The summed E-state index contributed by atoms with van der Waals surface area (Å²) < 4.78 is 6.22. The molecule has 2 heteroatoms. The van der Waals surface area contributed by atoms with Gasteiger partial charge in [-0.1, -0.05) is 74.0 Å². The summed E-state index contributed by atoms with van der Waals surface area (Å²) >= 11 is 0. The minimum absolute atomic E-state index is 0.596. The Kier molecular flexibility index (Phi) is 6.30. The Morgan fingerprint density at radius 2 is 1.81 bits per heavy atom. The maximum atomic E-state index is 6.22. The van der Waals surface area contributed by atoms with Gasteiger partial charge in [0.25, 0.3) is 0 Å². The molecule has 0 saturated carbocycles. The molecular weight excluding hydrogens is 318 g/mol. The van der Waals surface area contributed by atoms with Crippen molar-refractivity contribution >= 4 is 10.8 Å². The lowest BCUT2D eigenvalue weighted by Crippen LogP contribution is -2.17. The SMILES string of the molecule is Cc1cccc(COc2ccc3ccccc3c2CNCCC(C)C)c1. The van der Waals surface area contributed by atoms with Gasteiger partial charge in [-0.05, 0) is 48.2 Å². The molecule has 0 heterocycles. The first-order valence-electron chi connectivity index (χ1n) is 9.53. The summed E-state index contributed by atoms with van der Waals surface area (Å²) in [5, 5.41) is 6.12. The molecule has 0 spiro atoms. The van der Waals surface area contributed by atoms with E-state index in [0.29, 0.717) is 12.5 Å². The lowest BCUT2D eigenvalue weighted by Gasteiger charge is -2.16. The van der Waals surface area contributed by atoms with E-state index in [1.807, 2.05) is 0 Å². The Hall–Kier alpha value is -2.32. The van der Waals surface area contributed by atoms with Crippen LogP contribution < -0.4 is 10.1 Å². The predicted octanol–water partition coefficient (Wildman–Crippen LogP) is 5.86. The van der Waals surface area contributed by atoms with Crippen LogP contribution in [-0.2, 0) is 13.2 Å². The van der Waals surface area contributed by atoms with Crippen LogP contribution in [0.25, 0.3) is 10.8 Å². The van der Waals surface area contributed by atoms with Crippen molar-refractivity contribution in [3.05, 3.63) is 77.4 Å². The molecule has 3 rings (SSSR count). The zero-order chi connectivity index (χ0) is 18.4. The van der Waals surface area contributed by atoms with E-state index in [9.17, 15) is 0 Å². The first kappa shape index (κ1) is 18.5. The lowest BCUT2D eigenvalue weighted by molar-refractivity contribution is 0.302. The third kappa shape index (κ3) is 4.86. The average molecular weight is 348 g/mol. The maximum absolute atomic E-state index is 6.22. The normalized spacial score (nSPS) is 11.2. The fourth-order valence-electron chi connectivity index (χ4n) is 3.20. The van der Waals surface area contributed by atoms with Crippen molar-refractivity contribution in [3.8, 4) is 5.75 Å². The fourth-order valence-corrected chi connectivity index (χ4v) is 3.20. The third-order valence-electron chi connectivity index (χ3n) is 4.67. The molecule has 0 aliphatic heterocycles. The molecule has 2 nitrogen and oxygen atoms in total. The highest BCUT2D eigenvalue weighted by atomic mass is 16.5. The highest BCUT2D eigenvalue weighted by molar-refractivity contribution is 5.87. The third-order valence-corrected chi connectivity index (χ3v) is 4.67. The van der Waals surface area contributed by atoms with Gasteiger partial charge in [-0.15, -0.1) is 0 Å². The van der Waals surface area contributed by atoms with Gasteiger partial charge in [0.2, 0.25) is 0 Å². The van der Waals surface area contributed by atoms with Gasteiger partial charge in [0.15, 0.2) is 0 Å². The van der Waals surface area contributed by atoms with Crippen LogP contribution in [0.1, 0.15) is 37.0 Å². The number of nitrogens with one attached hydrogen (secondary N) is 1. The quantitative estimate of drug-likeness (QED) is 0.515. The van der Waals surface area contributed by atoms with Crippen molar-refractivity contribution in [3.63, 3.8) is 0 Å². The minimum atomic E-state index is 0.596. The first-order chi connectivity index (χ1) is 12.6. The number of rotatable bonds is 8. The standard InChI is InChI=1S/C24H29NO/c1-18(2)13-14-25-16-23-22-10-5-4-9-21(22)11-12-24(23)26-17-20-8-6-7-19(3)15-20/h4-12,15,18,25H,13-14,16-17H2,1-3H3. The van der Waals surface area contributed by atoms with E-state index in [-0.39, 0.29) is 0 Å². The molecule has 0 atom stereocenters. The molecule has 0 aliphatic carbocycles. The molecule has 136 valence electrons. The van der Waals surface area contributed by atoms with Crippen LogP contribution in [0.4, 0.5) is 0 Å². The second-order valence-electron chi connectivity index (χ2n) is 7.40. The van der Waals surface area contributed by atoms with Crippen LogP contribution in [0, 0.1) is 12.8 Å². The Morgan fingerprint density at radius 1 is 0.962 bits per heavy atom. The van der Waals surface area contributed by atoms with Gasteiger partial charge in [-0.25, -0.2) is 0 Å². The van der Waals surface area contributed by atoms with Gasteiger partial charge in [-0.3, -0.25) is 0 Å². The molecule has 0 fully saturated rings. The molecule has 0 aromatic heterocycles. The Labute approximate surface area is 157 Å². The Balaban J connectivity index is 1.80. The summed E-state index contributed by atoms with van der Waals surface area (Å²) in [6, 6.07) is 21.3. The number of hydrogen-bond acceptors (Lipinski definition) is 2. The first-order valence-corrected chi connectivity index (χ1v) is 9.53. The van der Waals surface area contributed by atoms with Gasteiger partial charge >= 0.3 is 0 Å². The number of hydrogen-bond donors (Lipinski definition) is 1. The molecule has 3 aromatic rings. The van der Waals surface area contributed by atoms with Gasteiger partial charge < -0.3 is 10.1 Å². The second-order valence-corrected chi connectivity index (χ2v) is 7.40. The summed E-state index contributed by atoms with van der Waals surface area (Å²) in [6.07, 6.45) is 1.18. The molecule has 0 amide bonds. The van der Waals surface area contributed by atoms with Crippen molar-refractivity contribution in [2.24, 2.45) is 5.92 Å². The number of fused-ring (bicyclic) bond motifs is 1. The van der Waals surface area contributed by atoms with E-state index in [4.69, 9.17) is 4.74 Å². The number of aryl methyl sites for hydroxylation is 1. The highest BCUT2D eigenvalue weighted by Crippen LogP contribution is 2.29. The van der Waals surface area contributed by atoms with Crippen LogP contribution >= 0.6 is 0 Å². The van der Waals surface area contributed by atoms with Crippen molar-refractivity contribution in [2.75, 3.05) is 6.54 Å². The smallest absolute Gasteiger partial charge is 0.124 e. The molecule has 0 unspecified atom stereocenters. The van der Waals surface area contributed by atoms with Crippen LogP contribution in [0.5, 0.6) is 5.75 Å². The molecule has 0 radical (unpaired) electrons. The van der Waals surface area contributed by atoms with E-state index >= 15 is 0 Å². The average Bonchev–Trinajstić information content (AvgIpc) is 2.64. The van der Waals surface area contributed by atoms with E-state index in [1.165, 1.54) is 33.9 Å². The molecular formula is C24H29NO. The summed E-state index contributed by atoms with van der Waals surface area (Å²) in [7, 11) is 0. The monoisotopic (exact) mass is 347 g/mol. The van der Waals surface area contributed by atoms with Crippen molar-refractivity contribution < 1.29 is 4.74 Å². The molecule has 0 saturated heterocycles. The van der Waals surface area contributed by atoms with Crippen molar-refractivity contribution in [1.29, 1.82) is 0 Å². The zero-order valence-corrected chi connectivity index (χ0v) is 16.1. The molecule has 0 bridgehead atoms. The predicted molar refractivity (Wildman–Crippen MR) is 111 cm³/mol. The van der Waals surface area contributed by atoms with Gasteiger partial charge in [0.1, 0.15) is 12.4 Å². The van der Waals surface area contributed by atoms with Gasteiger partial charge in [0.05, 0.1) is 0 Å². The van der Waals surface area contributed by atoms with Crippen LogP contribution in [0.15, 0.2) is 60.7 Å². The zero-order valence-electron chi connectivity index (χ0n) is 16.1. The van der Waals surface area contributed by atoms with Crippen LogP contribution in [0.3, 0.4) is 0 Å². The van der Waals surface area contributed by atoms with Crippen molar-refractivity contribution in [2.45, 2.75) is 40.3 Å². The maximum Gasteiger partial charge on any atom is 0.124 e. The number of benzene rings is 3. The summed E-state index contributed by atoms with van der Waals surface area (Å²) in [5.41, 5.74) is 3.72. The lowest BCUT2D eigenvalue weighted by atomic mass is 10.0. The Bertz CT molecular complexity index is 854. The van der Waals surface area contributed by atoms with Crippen LogP contribution in [0.2, 0.25) is 0 Å². The van der Waals surface area contributed by atoms with E-state index in [1.54, 1.807) is 0 Å². The summed E-state index contributed by atoms with van der Waals surface area (Å²) in [5.74, 6) is 1.69. The largest absolute Gasteiger partial charge is 0.489 e. The minimum Gasteiger partial charge on any atom is -0.489 e. The van der Waals surface area contributed by atoms with E-state index < -0.39 is 0 Å². The van der Waals surface area contributed by atoms with E-state index in [0.717, 1.165) is 18.8 Å². The molecule has 0 aliphatic rings. The molecule has 1 N–H and O–H groups in total. The topological polar surface area (TPSA) is 21.3 Å². The highest BCUT2D eigenvalue weighted by Gasteiger charge is 2.09. The van der Waals surface area contributed by atoms with Gasteiger partial charge in [0, 0.05) is 12.1 Å². The second kappa shape index (κ2) is 8.86. The fraction of sp³-hybridized carbons (Fsp3) is 0.333. The van der Waals surface area contributed by atoms with Crippen molar-refractivity contribution in [1.82, 2.24) is 5.32 Å². The van der Waals surface area contributed by atoms with Gasteiger partial charge in [-0.2, -0.15) is 0 Å². The molecule has 26 heavy (non-hydrogen) atoms. The van der Waals surface area contributed by atoms with Crippen LogP contribution in [-0.4, -0.2) is 6.54 Å².